The van der Waals surface area contributed by atoms with E-state index in [-0.39, 0.29) is 10.8 Å². The van der Waals surface area contributed by atoms with E-state index in [9.17, 15) is 4.57 Å². The molecule has 1 aromatic carbocycles. The van der Waals surface area contributed by atoms with Crippen molar-refractivity contribution in [3.8, 4) is 0 Å². The van der Waals surface area contributed by atoms with Crippen molar-refractivity contribution in [2.75, 3.05) is 0 Å². The second-order valence-electron chi connectivity index (χ2n) is 6.46. The summed E-state index contributed by atoms with van der Waals surface area (Å²) in [5.74, 6) is 0. The third-order valence-electron chi connectivity index (χ3n) is 2.82. The molecular formula is C14H23OP. The highest BCUT2D eigenvalue weighted by atomic mass is 31.1. The lowest BCUT2D eigenvalue weighted by Crippen LogP contribution is -2.19. The van der Waals surface area contributed by atoms with Crippen LogP contribution in [0.1, 0.15) is 52.7 Å². The van der Waals surface area contributed by atoms with E-state index in [1.807, 2.05) is 0 Å². The topological polar surface area (TPSA) is 17.1 Å². The van der Waals surface area contributed by atoms with Gasteiger partial charge >= 0.3 is 0 Å². The summed E-state index contributed by atoms with van der Waals surface area (Å²) in [4.78, 5) is 0. The molecule has 0 amide bonds. The molecule has 1 atom stereocenters. The third kappa shape index (κ3) is 3.22. The zero-order chi connectivity index (χ0) is 12.6. The van der Waals surface area contributed by atoms with Crippen LogP contribution in [0.2, 0.25) is 0 Å². The molecule has 1 aromatic rings. The lowest BCUT2D eigenvalue weighted by molar-refractivity contribution is 0.569. The average molecular weight is 238 g/mol. The number of hydrogen-bond donors (Lipinski definition) is 0. The summed E-state index contributed by atoms with van der Waals surface area (Å²) in [5, 5.41) is 0.984. The normalized spacial score (nSPS) is 13.6. The molecule has 0 saturated carbocycles. The lowest BCUT2D eigenvalue weighted by Gasteiger charge is -2.25. The molecule has 90 valence electrons. The summed E-state index contributed by atoms with van der Waals surface area (Å²) in [6.45, 7) is 13.2. The van der Waals surface area contributed by atoms with Gasteiger partial charge in [0.2, 0.25) is 0 Å². The molecule has 0 aliphatic heterocycles. The Morgan fingerprint density at radius 1 is 0.812 bits per heavy atom. The first-order valence-corrected chi connectivity index (χ1v) is 6.81. The molecule has 0 radical (unpaired) electrons. The van der Waals surface area contributed by atoms with Crippen molar-refractivity contribution in [2.45, 2.75) is 52.4 Å². The maximum atomic E-state index is 11.2. The van der Waals surface area contributed by atoms with Crippen LogP contribution in [-0.2, 0) is 15.4 Å². The standard InChI is InChI=1S/C14H23OP/c1-13(2,3)10-7-11(14(4,5)6)9-12(8-10)16-15/h7-9H,16H2,1-6H3. The first kappa shape index (κ1) is 13.5. The summed E-state index contributed by atoms with van der Waals surface area (Å²) in [6.07, 6.45) is 0. The number of benzene rings is 1. The van der Waals surface area contributed by atoms with Crippen molar-refractivity contribution in [3.63, 3.8) is 0 Å². The molecular weight excluding hydrogens is 215 g/mol. The number of rotatable bonds is 1. The monoisotopic (exact) mass is 238 g/mol. The van der Waals surface area contributed by atoms with Gasteiger partial charge in [0.25, 0.3) is 0 Å². The van der Waals surface area contributed by atoms with Crippen LogP contribution >= 0.6 is 8.46 Å². The van der Waals surface area contributed by atoms with Crippen molar-refractivity contribution in [2.24, 2.45) is 0 Å². The van der Waals surface area contributed by atoms with Gasteiger partial charge in [-0.1, -0.05) is 47.6 Å². The van der Waals surface area contributed by atoms with Gasteiger partial charge in [0.05, 0.1) is 8.46 Å². The summed E-state index contributed by atoms with van der Waals surface area (Å²) in [6, 6.07) is 6.41. The molecule has 0 heterocycles. The van der Waals surface area contributed by atoms with Crippen molar-refractivity contribution < 1.29 is 4.57 Å². The Hall–Kier alpha value is -0.550. The van der Waals surface area contributed by atoms with Crippen LogP contribution < -0.4 is 5.30 Å². The van der Waals surface area contributed by atoms with Crippen LogP contribution in [0, 0.1) is 0 Å². The van der Waals surface area contributed by atoms with Crippen molar-refractivity contribution in [1.29, 1.82) is 0 Å². The summed E-state index contributed by atoms with van der Waals surface area (Å²) in [5.41, 5.74) is 2.78. The minimum absolute atomic E-state index is 0.116. The summed E-state index contributed by atoms with van der Waals surface area (Å²) < 4.78 is 11.2. The van der Waals surface area contributed by atoms with E-state index in [2.05, 4.69) is 59.7 Å². The second-order valence-corrected chi connectivity index (χ2v) is 7.36. The van der Waals surface area contributed by atoms with Gasteiger partial charge in [-0.25, -0.2) is 0 Å². The molecule has 0 aromatic heterocycles. The van der Waals surface area contributed by atoms with E-state index in [4.69, 9.17) is 0 Å². The minimum atomic E-state index is -0.843. The molecule has 0 bridgehead atoms. The third-order valence-corrected chi connectivity index (χ3v) is 3.43. The predicted molar refractivity (Wildman–Crippen MR) is 73.9 cm³/mol. The maximum Gasteiger partial charge on any atom is 0.0921 e. The number of hydrogen-bond acceptors (Lipinski definition) is 1. The Balaban J connectivity index is 3.39. The molecule has 0 N–H and O–H groups in total. The molecule has 16 heavy (non-hydrogen) atoms. The summed E-state index contributed by atoms with van der Waals surface area (Å²) >= 11 is 0. The largest absolute Gasteiger partial charge is 0.325 e. The van der Waals surface area contributed by atoms with E-state index in [0.29, 0.717) is 0 Å². The highest BCUT2D eigenvalue weighted by Crippen LogP contribution is 2.28. The smallest absolute Gasteiger partial charge is 0.0921 e. The second kappa shape index (κ2) is 4.37. The Morgan fingerprint density at radius 2 is 1.19 bits per heavy atom. The van der Waals surface area contributed by atoms with E-state index in [1.54, 1.807) is 0 Å². The van der Waals surface area contributed by atoms with E-state index < -0.39 is 8.46 Å². The minimum Gasteiger partial charge on any atom is -0.325 e. The molecule has 0 aliphatic rings. The Kier molecular flexibility index (Phi) is 3.69. The van der Waals surface area contributed by atoms with Gasteiger partial charge in [0, 0.05) is 5.30 Å². The fraction of sp³-hybridized carbons (Fsp3) is 0.571. The van der Waals surface area contributed by atoms with Gasteiger partial charge in [-0.2, -0.15) is 0 Å². The van der Waals surface area contributed by atoms with Crippen LogP contribution in [0.25, 0.3) is 0 Å². The van der Waals surface area contributed by atoms with Gasteiger partial charge in [-0.05, 0) is 34.1 Å². The van der Waals surface area contributed by atoms with Gasteiger partial charge in [-0.3, -0.25) is 0 Å². The Morgan fingerprint density at radius 3 is 1.44 bits per heavy atom. The van der Waals surface area contributed by atoms with Crippen LogP contribution in [0.5, 0.6) is 0 Å². The maximum absolute atomic E-state index is 11.2. The SMILES string of the molecule is CC(C)(C)c1cc([PH2]=O)cc(C(C)(C)C)c1. The molecule has 0 saturated heterocycles. The molecule has 0 spiro atoms. The van der Waals surface area contributed by atoms with Gasteiger partial charge in [0.1, 0.15) is 0 Å². The van der Waals surface area contributed by atoms with E-state index in [0.717, 1.165) is 5.30 Å². The lowest BCUT2D eigenvalue weighted by atomic mass is 9.81. The van der Waals surface area contributed by atoms with Crippen LogP contribution in [0.4, 0.5) is 0 Å². The molecule has 0 aliphatic carbocycles. The summed E-state index contributed by atoms with van der Waals surface area (Å²) in [7, 11) is -0.843. The van der Waals surface area contributed by atoms with Crippen molar-refractivity contribution >= 4 is 13.8 Å². The van der Waals surface area contributed by atoms with E-state index in [1.165, 1.54) is 11.1 Å². The highest BCUT2D eigenvalue weighted by Gasteiger charge is 2.19. The fourth-order valence-electron chi connectivity index (χ4n) is 1.59. The average Bonchev–Trinajstić information content (AvgIpc) is 2.14. The predicted octanol–water partition coefficient (Wildman–Crippen LogP) is 3.66. The highest BCUT2D eigenvalue weighted by molar-refractivity contribution is 7.34. The van der Waals surface area contributed by atoms with Gasteiger partial charge in [-0.15, -0.1) is 0 Å². The Labute approximate surface area is 100 Å². The van der Waals surface area contributed by atoms with Crippen LogP contribution in [-0.4, -0.2) is 0 Å². The first-order valence-electron chi connectivity index (χ1n) is 5.76. The van der Waals surface area contributed by atoms with Crippen molar-refractivity contribution in [3.05, 3.63) is 29.3 Å². The van der Waals surface area contributed by atoms with Gasteiger partial charge in [0.15, 0.2) is 0 Å². The first-order chi connectivity index (χ1) is 7.14. The van der Waals surface area contributed by atoms with Gasteiger partial charge < -0.3 is 4.57 Å². The quantitative estimate of drug-likeness (QED) is 0.682. The molecule has 1 nitrogen and oxygen atoms in total. The molecule has 2 heteroatoms. The molecule has 1 rings (SSSR count). The fourth-order valence-corrected chi connectivity index (χ4v) is 2.08. The Bertz CT molecular complexity index is 362. The zero-order valence-corrected chi connectivity index (χ0v) is 12.4. The van der Waals surface area contributed by atoms with Crippen LogP contribution in [0.3, 0.4) is 0 Å². The van der Waals surface area contributed by atoms with E-state index >= 15 is 0 Å². The zero-order valence-electron chi connectivity index (χ0n) is 11.2. The molecule has 0 fully saturated rings. The molecule has 1 unspecified atom stereocenters. The van der Waals surface area contributed by atoms with Crippen molar-refractivity contribution in [1.82, 2.24) is 0 Å². The van der Waals surface area contributed by atoms with Crippen LogP contribution in [0.15, 0.2) is 18.2 Å².